The molecule has 1 aromatic carbocycles. The second-order valence-electron chi connectivity index (χ2n) is 5.51. The summed E-state index contributed by atoms with van der Waals surface area (Å²) in [6.07, 6.45) is 0.910. The van der Waals surface area contributed by atoms with Crippen molar-refractivity contribution in [1.29, 1.82) is 0 Å². The second kappa shape index (κ2) is 4.34. The monoisotopic (exact) mass is 250 g/mol. The molecule has 0 N–H and O–H groups in total. The van der Waals surface area contributed by atoms with Crippen molar-refractivity contribution >= 4 is 22.6 Å². The number of halogens is 1. The van der Waals surface area contributed by atoms with E-state index < -0.39 is 0 Å². The molecular weight excluding hydrogens is 232 g/mol. The Morgan fingerprint density at radius 3 is 2.59 bits per heavy atom. The van der Waals surface area contributed by atoms with Gasteiger partial charge in [-0.05, 0) is 24.1 Å². The third-order valence-corrected chi connectivity index (χ3v) is 3.19. The van der Waals surface area contributed by atoms with Crippen molar-refractivity contribution in [3.8, 4) is 0 Å². The van der Waals surface area contributed by atoms with Crippen molar-refractivity contribution in [2.45, 2.75) is 32.6 Å². The van der Waals surface area contributed by atoms with Crippen molar-refractivity contribution in [3.63, 3.8) is 0 Å². The van der Waals surface area contributed by atoms with E-state index in [2.05, 4.69) is 50.6 Å². The molecule has 2 nitrogen and oxygen atoms in total. The first-order valence-electron chi connectivity index (χ1n) is 5.95. The molecule has 0 radical (unpaired) electrons. The molecule has 0 bridgehead atoms. The lowest BCUT2D eigenvalue weighted by molar-refractivity contribution is 0.526. The molecule has 0 atom stereocenters. The number of imidazole rings is 1. The van der Waals surface area contributed by atoms with Gasteiger partial charge in [0.1, 0.15) is 5.82 Å². The third kappa shape index (κ3) is 2.32. The zero-order chi connectivity index (χ0) is 12.6. The van der Waals surface area contributed by atoms with Crippen LogP contribution in [0, 0.1) is 0 Å². The highest BCUT2D eigenvalue weighted by molar-refractivity contribution is 6.18. The Hall–Kier alpha value is -1.02. The SMILES string of the molecule is Cn1c(C(C)(C)C)nc2ccc(CCCl)cc21. The summed E-state index contributed by atoms with van der Waals surface area (Å²) in [6, 6.07) is 6.40. The van der Waals surface area contributed by atoms with Crippen LogP contribution in [0.1, 0.15) is 32.2 Å². The van der Waals surface area contributed by atoms with Crippen LogP contribution in [0.25, 0.3) is 11.0 Å². The zero-order valence-corrected chi connectivity index (χ0v) is 11.7. The van der Waals surface area contributed by atoms with Gasteiger partial charge in [-0.25, -0.2) is 4.98 Å². The van der Waals surface area contributed by atoms with Crippen molar-refractivity contribution < 1.29 is 0 Å². The first-order chi connectivity index (χ1) is 7.93. The molecule has 92 valence electrons. The van der Waals surface area contributed by atoms with Gasteiger partial charge in [0.25, 0.3) is 0 Å². The Labute approximate surface area is 108 Å². The predicted molar refractivity (Wildman–Crippen MR) is 73.8 cm³/mol. The van der Waals surface area contributed by atoms with Gasteiger partial charge in [0, 0.05) is 18.3 Å². The summed E-state index contributed by atoms with van der Waals surface area (Å²) >= 11 is 5.78. The van der Waals surface area contributed by atoms with Gasteiger partial charge < -0.3 is 4.57 Å². The number of rotatable bonds is 2. The van der Waals surface area contributed by atoms with E-state index >= 15 is 0 Å². The smallest absolute Gasteiger partial charge is 0.115 e. The summed E-state index contributed by atoms with van der Waals surface area (Å²) in [5.41, 5.74) is 3.60. The van der Waals surface area contributed by atoms with Gasteiger partial charge in [-0.2, -0.15) is 0 Å². The summed E-state index contributed by atoms with van der Waals surface area (Å²) in [5, 5.41) is 0. The first kappa shape index (κ1) is 12.4. The molecule has 0 amide bonds. The molecular formula is C14H19ClN2. The average Bonchev–Trinajstić information content (AvgIpc) is 2.56. The van der Waals surface area contributed by atoms with Gasteiger partial charge in [-0.3, -0.25) is 0 Å². The molecule has 0 aliphatic carbocycles. The van der Waals surface area contributed by atoms with Crippen LogP contribution in [-0.4, -0.2) is 15.4 Å². The van der Waals surface area contributed by atoms with E-state index in [0.29, 0.717) is 5.88 Å². The fourth-order valence-electron chi connectivity index (χ4n) is 2.17. The van der Waals surface area contributed by atoms with E-state index in [-0.39, 0.29) is 5.41 Å². The molecule has 0 aliphatic heterocycles. The van der Waals surface area contributed by atoms with Gasteiger partial charge >= 0.3 is 0 Å². The first-order valence-corrected chi connectivity index (χ1v) is 6.49. The standard InChI is InChI=1S/C14H19ClN2/c1-14(2,3)13-16-11-6-5-10(7-8-15)9-12(11)17(13)4/h5-6,9H,7-8H2,1-4H3. The molecule has 0 saturated heterocycles. The van der Waals surface area contributed by atoms with Crippen LogP contribution in [-0.2, 0) is 18.9 Å². The van der Waals surface area contributed by atoms with Crippen LogP contribution >= 0.6 is 11.6 Å². The van der Waals surface area contributed by atoms with Gasteiger partial charge in [-0.1, -0.05) is 26.8 Å². The van der Waals surface area contributed by atoms with E-state index in [1.54, 1.807) is 0 Å². The van der Waals surface area contributed by atoms with E-state index in [1.807, 2.05) is 0 Å². The number of fused-ring (bicyclic) bond motifs is 1. The average molecular weight is 251 g/mol. The maximum absolute atomic E-state index is 5.78. The normalized spacial score (nSPS) is 12.3. The molecule has 1 heterocycles. The minimum absolute atomic E-state index is 0.0699. The third-order valence-electron chi connectivity index (χ3n) is 3.00. The van der Waals surface area contributed by atoms with Crippen LogP contribution < -0.4 is 0 Å². The lowest BCUT2D eigenvalue weighted by Gasteiger charge is -2.17. The predicted octanol–water partition coefficient (Wildman–Crippen LogP) is 3.65. The zero-order valence-electron chi connectivity index (χ0n) is 10.9. The summed E-state index contributed by atoms with van der Waals surface area (Å²) in [5.74, 6) is 1.78. The van der Waals surface area contributed by atoms with Crippen LogP contribution in [0.3, 0.4) is 0 Å². The molecule has 0 saturated carbocycles. The maximum Gasteiger partial charge on any atom is 0.115 e. The number of aromatic nitrogens is 2. The number of alkyl halides is 1. The van der Waals surface area contributed by atoms with E-state index in [1.165, 1.54) is 11.1 Å². The highest BCUT2D eigenvalue weighted by atomic mass is 35.5. The molecule has 0 aliphatic rings. The summed E-state index contributed by atoms with van der Waals surface area (Å²) in [6.45, 7) is 6.57. The van der Waals surface area contributed by atoms with Crippen molar-refractivity contribution in [1.82, 2.24) is 9.55 Å². The van der Waals surface area contributed by atoms with E-state index in [0.717, 1.165) is 17.8 Å². The second-order valence-corrected chi connectivity index (χ2v) is 5.88. The summed E-state index contributed by atoms with van der Waals surface area (Å²) in [7, 11) is 2.08. The Bertz CT molecular complexity index is 535. The molecule has 17 heavy (non-hydrogen) atoms. The molecule has 0 unspecified atom stereocenters. The number of nitrogens with zero attached hydrogens (tertiary/aromatic N) is 2. The number of benzene rings is 1. The summed E-state index contributed by atoms with van der Waals surface area (Å²) < 4.78 is 2.19. The molecule has 2 aromatic rings. The van der Waals surface area contributed by atoms with Crippen LogP contribution in [0.15, 0.2) is 18.2 Å². The largest absolute Gasteiger partial charge is 0.331 e. The van der Waals surface area contributed by atoms with Gasteiger partial charge in [0.15, 0.2) is 0 Å². The van der Waals surface area contributed by atoms with E-state index in [9.17, 15) is 0 Å². The van der Waals surface area contributed by atoms with Crippen LogP contribution in [0.2, 0.25) is 0 Å². The number of aryl methyl sites for hydroxylation is 2. The number of hydrogen-bond acceptors (Lipinski definition) is 1. The Morgan fingerprint density at radius 1 is 1.29 bits per heavy atom. The lowest BCUT2D eigenvalue weighted by atomic mass is 9.96. The quantitative estimate of drug-likeness (QED) is 0.744. The van der Waals surface area contributed by atoms with Gasteiger partial charge in [0.05, 0.1) is 11.0 Å². The molecule has 1 aromatic heterocycles. The fourth-order valence-corrected chi connectivity index (χ4v) is 2.39. The highest BCUT2D eigenvalue weighted by Gasteiger charge is 2.21. The maximum atomic E-state index is 5.78. The van der Waals surface area contributed by atoms with Crippen LogP contribution in [0.5, 0.6) is 0 Å². The molecule has 2 rings (SSSR count). The Balaban J connectivity index is 2.59. The molecule has 0 fully saturated rings. The number of hydrogen-bond donors (Lipinski definition) is 0. The van der Waals surface area contributed by atoms with Gasteiger partial charge in [-0.15, -0.1) is 11.6 Å². The van der Waals surface area contributed by atoms with Crippen molar-refractivity contribution in [3.05, 3.63) is 29.6 Å². The molecule has 3 heteroatoms. The van der Waals surface area contributed by atoms with Crippen molar-refractivity contribution in [2.24, 2.45) is 7.05 Å². The molecule has 0 spiro atoms. The fraction of sp³-hybridized carbons (Fsp3) is 0.500. The summed E-state index contributed by atoms with van der Waals surface area (Å²) in [4.78, 5) is 4.71. The highest BCUT2D eigenvalue weighted by Crippen LogP contribution is 2.25. The lowest BCUT2D eigenvalue weighted by Crippen LogP contribution is -2.17. The topological polar surface area (TPSA) is 17.8 Å². The van der Waals surface area contributed by atoms with E-state index in [4.69, 9.17) is 16.6 Å². The minimum atomic E-state index is 0.0699. The van der Waals surface area contributed by atoms with Gasteiger partial charge in [0.2, 0.25) is 0 Å². The Kier molecular flexibility index (Phi) is 3.17. The Morgan fingerprint density at radius 2 is 2.00 bits per heavy atom. The van der Waals surface area contributed by atoms with Crippen LogP contribution in [0.4, 0.5) is 0 Å². The minimum Gasteiger partial charge on any atom is -0.331 e. The van der Waals surface area contributed by atoms with Crippen molar-refractivity contribution in [2.75, 3.05) is 5.88 Å².